The van der Waals surface area contributed by atoms with Gasteiger partial charge in [0.05, 0.1) is 6.04 Å². The van der Waals surface area contributed by atoms with E-state index in [2.05, 4.69) is 4.90 Å². The molecule has 2 unspecified atom stereocenters. The van der Waals surface area contributed by atoms with Gasteiger partial charge in [0, 0.05) is 12.6 Å². The van der Waals surface area contributed by atoms with Gasteiger partial charge in [-0.05, 0) is 39.7 Å². The number of hydrogen-bond acceptors (Lipinski definition) is 3. The molecule has 1 rings (SSSR count). The standard InChI is InChI=1S/C11H21NO2/c1-9(10(2)14)12-7-4-3-5-11(12)6-8-13/h9,11,13H,3-8H2,1-2H3. The summed E-state index contributed by atoms with van der Waals surface area (Å²) in [6.45, 7) is 4.85. The summed E-state index contributed by atoms with van der Waals surface area (Å²) in [5.74, 6) is 0.231. The first kappa shape index (κ1) is 11.7. The maximum Gasteiger partial charge on any atom is 0.146 e. The molecule has 0 saturated carbocycles. The molecule has 2 atom stereocenters. The Morgan fingerprint density at radius 1 is 1.57 bits per heavy atom. The Morgan fingerprint density at radius 3 is 2.86 bits per heavy atom. The highest BCUT2D eigenvalue weighted by Gasteiger charge is 2.27. The van der Waals surface area contributed by atoms with Crippen molar-refractivity contribution in [1.82, 2.24) is 4.90 Å². The van der Waals surface area contributed by atoms with Gasteiger partial charge < -0.3 is 5.11 Å². The lowest BCUT2D eigenvalue weighted by molar-refractivity contribution is -0.123. The van der Waals surface area contributed by atoms with Crippen LogP contribution >= 0.6 is 0 Å². The van der Waals surface area contributed by atoms with Gasteiger partial charge in [-0.1, -0.05) is 6.42 Å². The lowest BCUT2D eigenvalue weighted by Crippen LogP contribution is -2.48. The van der Waals surface area contributed by atoms with Crippen LogP contribution in [0.1, 0.15) is 39.5 Å². The molecular weight excluding hydrogens is 178 g/mol. The molecule has 3 heteroatoms. The Hall–Kier alpha value is -0.410. The zero-order valence-corrected chi connectivity index (χ0v) is 9.20. The summed E-state index contributed by atoms with van der Waals surface area (Å²) in [6.07, 6.45) is 4.33. The number of ketones is 1. The van der Waals surface area contributed by atoms with E-state index in [1.54, 1.807) is 6.92 Å². The number of Topliss-reactive ketones (excluding diaryl/α,β-unsaturated/α-hetero) is 1. The van der Waals surface area contributed by atoms with Crippen LogP contribution < -0.4 is 0 Å². The number of carbonyl (C=O) groups excluding carboxylic acids is 1. The third kappa shape index (κ3) is 2.79. The van der Waals surface area contributed by atoms with E-state index in [4.69, 9.17) is 5.11 Å². The molecular formula is C11H21NO2. The smallest absolute Gasteiger partial charge is 0.146 e. The van der Waals surface area contributed by atoms with Crippen LogP contribution in [0.15, 0.2) is 0 Å². The number of hydrogen-bond donors (Lipinski definition) is 1. The fourth-order valence-electron chi connectivity index (χ4n) is 2.23. The van der Waals surface area contributed by atoms with Crippen molar-refractivity contribution in [3.05, 3.63) is 0 Å². The van der Waals surface area contributed by atoms with Crippen LogP contribution in [0.25, 0.3) is 0 Å². The summed E-state index contributed by atoms with van der Waals surface area (Å²) >= 11 is 0. The zero-order valence-electron chi connectivity index (χ0n) is 9.20. The van der Waals surface area contributed by atoms with Crippen LogP contribution in [0, 0.1) is 0 Å². The van der Waals surface area contributed by atoms with Gasteiger partial charge in [0.1, 0.15) is 5.78 Å². The van der Waals surface area contributed by atoms with Gasteiger partial charge in [0.25, 0.3) is 0 Å². The van der Waals surface area contributed by atoms with Crippen LogP contribution in [0.3, 0.4) is 0 Å². The van der Waals surface area contributed by atoms with Crippen LogP contribution in [-0.2, 0) is 4.79 Å². The third-order valence-corrected chi connectivity index (χ3v) is 3.22. The number of rotatable bonds is 4. The van der Waals surface area contributed by atoms with Gasteiger partial charge in [-0.3, -0.25) is 9.69 Å². The lowest BCUT2D eigenvalue weighted by Gasteiger charge is -2.38. The zero-order chi connectivity index (χ0) is 10.6. The SMILES string of the molecule is CC(=O)C(C)N1CCCCC1CCO. The molecule has 14 heavy (non-hydrogen) atoms. The molecule has 1 N–H and O–H groups in total. The molecule has 0 radical (unpaired) electrons. The Labute approximate surface area is 86.1 Å². The second kappa shape index (κ2) is 5.47. The summed E-state index contributed by atoms with van der Waals surface area (Å²) in [4.78, 5) is 13.5. The highest BCUT2D eigenvalue weighted by Crippen LogP contribution is 2.21. The van der Waals surface area contributed by atoms with Crippen molar-refractivity contribution in [2.75, 3.05) is 13.2 Å². The monoisotopic (exact) mass is 199 g/mol. The van der Waals surface area contributed by atoms with Crippen LogP contribution in [0.5, 0.6) is 0 Å². The number of nitrogens with zero attached hydrogens (tertiary/aromatic N) is 1. The first-order valence-corrected chi connectivity index (χ1v) is 5.54. The minimum Gasteiger partial charge on any atom is -0.396 e. The van der Waals surface area contributed by atoms with E-state index in [9.17, 15) is 4.79 Å². The molecule has 1 fully saturated rings. The fourth-order valence-corrected chi connectivity index (χ4v) is 2.23. The molecule has 0 aliphatic carbocycles. The van der Waals surface area contributed by atoms with Gasteiger partial charge in [-0.15, -0.1) is 0 Å². The normalized spacial score (nSPS) is 26.1. The van der Waals surface area contributed by atoms with Crippen molar-refractivity contribution in [2.45, 2.75) is 51.6 Å². The molecule has 0 aromatic heterocycles. The number of likely N-dealkylation sites (tertiary alicyclic amines) is 1. The van der Waals surface area contributed by atoms with Crippen molar-refractivity contribution < 1.29 is 9.90 Å². The minimum atomic E-state index is 0.0202. The Morgan fingerprint density at radius 2 is 2.29 bits per heavy atom. The molecule has 0 spiro atoms. The summed E-state index contributed by atoms with van der Waals surface area (Å²) < 4.78 is 0. The van der Waals surface area contributed by atoms with E-state index in [1.165, 1.54) is 12.8 Å². The number of carbonyl (C=O) groups is 1. The van der Waals surface area contributed by atoms with Crippen molar-refractivity contribution >= 4 is 5.78 Å². The molecule has 1 aliphatic heterocycles. The molecule has 0 amide bonds. The van der Waals surface area contributed by atoms with E-state index in [-0.39, 0.29) is 18.4 Å². The van der Waals surface area contributed by atoms with Gasteiger partial charge in [-0.2, -0.15) is 0 Å². The largest absolute Gasteiger partial charge is 0.396 e. The van der Waals surface area contributed by atoms with Gasteiger partial charge in [0.2, 0.25) is 0 Å². The highest BCUT2D eigenvalue weighted by atomic mass is 16.3. The average molecular weight is 199 g/mol. The van der Waals surface area contributed by atoms with E-state index >= 15 is 0 Å². The molecule has 0 aromatic rings. The molecule has 0 aromatic carbocycles. The number of aliphatic hydroxyl groups is 1. The van der Waals surface area contributed by atoms with Gasteiger partial charge >= 0.3 is 0 Å². The van der Waals surface area contributed by atoms with E-state index in [0.29, 0.717) is 6.04 Å². The molecule has 0 bridgehead atoms. The Bertz CT molecular complexity index is 192. The first-order valence-electron chi connectivity index (χ1n) is 5.54. The maximum atomic E-state index is 11.3. The maximum absolute atomic E-state index is 11.3. The van der Waals surface area contributed by atoms with Gasteiger partial charge in [0.15, 0.2) is 0 Å². The summed E-state index contributed by atoms with van der Waals surface area (Å²) in [5, 5.41) is 8.95. The Balaban J connectivity index is 2.57. The average Bonchev–Trinajstić information content (AvgIpc) is 2.18. The summed E-state index contributed by atoms with van der Waals surface area (Å²) in [6, 6.07) is 0.430. The fraction of sp³-hybridized carbons (Fsp3) is 0.909. The van der Waals surface area contributed by atoms with Crippen molar-refractivity contribution in [1.29, 1.82) is 0 Å². The first-order chi connectivity index (χ1) is 6.66. The van der Waals surface area contributed by atoms with E-state index in [1.807, 2.05) is 6.92 Å². The van der Waals surface area contributed by atoms with Crippen LogP contribution in [0.2, 0.25) is 0 Å². The predicted octanol–water partition coefficient (Wildman–Crippen LogP) is 1.20. The minimum absolute atomic E-state index is 0.0202. The van der Waals surface area contributed by atoms with E-state index < -0.39 is 0 Å². The topological polar surface area (TPSA) is 40.5 Å². The molecule has 3 nitrogen and oxygen atoms in total. The Kier molecular flexibility index (Phi) is 4.55. The van der Waals surface area contributed by atoms with E-state index in [0.717, 1.165) is 19.4 Å². The quantitative estimate of drug-likeness (QED) is 0.739. The molecule has 1 heterocycles. The van der Waals surface area contributed by atoms with Crippen molar-refractivity contribution in [3.63, 3.8) is 0 Å². The number of aliphatic hydroxyl groups excluding tert-OH is 1. The third-order valence-electron chi connectivity index (χ3n) is 3.22. The molecule has 1 aliphatic rings. The van der Waals surface area contributed by atoms with Crippen molar-refractivity contribution in [3.8, 4) is 0 Å². The predicted molar refractivity (Wildman–Crippen MR) is 56.2 cm³/mol. The van der Waals surface area contributed by atoms with Crippen molar-refractivity contribution in [2.24, 2.45) is 0 Å². The summed E-state index contributed by atoms with van der Waals surface area (Å²) in [7, 11) is 0. The molecule has 82 valence electrons. The second-order valence-electron chi connectivity index (χ2n) is 4.19. The lowest BCUT2D eigenvalue weighted by atomic mass is 9.97. The highest BCUT2D eigenvalue weighted by molar-refractivity contribution is 5.81. The second-order valence-corrected chi connectivity index (χ2v) is 4.19. The van der Waals surface area contributed by atoms with Crippen LogP contribution in [0.4, 0.5) is 0 Å². The molecule has 1 saturated heterocycles. The van der Waals surface area contributed by atoms with Gasteiger partial charge in [-0.25, -0.2) is 0 Å². The number of piperidine rings is 1. The summed E-state index contributed by atoms with van der Waals surface area (Å²) in [5.41, 5.74) is 0. The van der Waals surface area contributed by atoms with Crippen LogP contribution in [-0.4, -0.2) is 41.0 Å².